The van der Waals surface area contributed by atoms with Gasteiger partial charge in [0.1, 0.15) is 24.0 Å². The first-order chi connectivity index (χ1) is 15.6. The molecule has 0 spiro atoms. The summed E-state index contributed by atoms with van der Waals surface area (Å²) < 4.78 is 17.2. The van der Waals surface area contributed by atoms with E-state index in [4.69, 9.17) is 25.8 Å². The quantitative estimate of drug-likeness (QED) is 0.493. The number of nitrogens with zero attached hydrogens (tertiary/aromatic N) is 1. The number of hydrogen-bond acceptors (Lipinski definition) is 5. The van der Waals surface area contributed by atoms with Gasteiger partial charge in [0.25, 0.3) is 0 Å². The van der Waals surface area contributed by atoms with Crippen molar-refractivity contribution in [2.24, 2.45) is 0 Å². The van der Waals surface area contributed by atoms with Gasteiger partial charge in [-0.05, 0) is 54.0 Å². The van der Waals surface area contributed by atoms with E-state index >= 15 is 0 Å². The van der Waals surface area contributed by atoms with Crippen molar-refractivity contribution in [3.05, 3.63) is 93.7 Å². The number of ketones is 1. The first-order valence-corrected chi connectivity index (χ1v) is 10.8. The van der Waals surface area contributed by atoms with Crippen LogP contribution < -0.4 is 14.2 Å². The Morgan fingerprint density at radius 3 is 2.69 bits per heavy atom. The zero-order valence-electron chi connectivity index (χ0n) is 17.6. The highest BCUT2D eigenvalue weighted by Crippen LogP contribution is 2.42. The number of Topliss-reactive ketones (excluding diaryl/α,β-unsaturated/α-hetero) is 1. The van der Waals surface area contributed by atoms with E-state index in [-0.39, 0.29) is 11.5 Å². The normalized spacial score (nSPS) is 16.3. The summed E-state index contributed by atoms with van der Waals surface area (Å²) in [5.74, 6) is 2.33. The zero-order chi connectivity index (χ0) is 22.1. The minimum atomic E-state index is -0.141. The van der Waals surface area contributed by atoms with Crippen LogP contribution >= 0.6 is 11.6 Å². The molecule has 0 saturated carbocycles. The molecule has 0 atom stereocenters. The molecule has 3 aromatic rings. The van der Waals surface area contributed by atoms with Crippen LogP contribution in [0, 0.1) is 0 Å². The summed E-state index contributed by atoms with van der Waals surface area (Å²) >= 11 is 6.25. The molecule has 0 aromatic heterocycles. The van der Waals surface area contributed by atoms with Crippen LogP contribution in [-0.4, -0.2) is 31.1 Å². The highest BCUT2D eigenvalue weighted by Gasteiger charge is 2.33. The summed E-state index contributed by atoms with van der Waals surface area (Å²) in [5.41, 5.74) is 3.44. The Bertz CT molecular complexity index is 1200. The van der Waals surface area contributed by atoms with Crippen molar-refractivity contribution in [3.8, 4) is 17.2 Å². The van der Waals surface area contributed by atoms with Crippen molar-refractivity contribution in [1.82, 2.24) is 4.90 Å². The number of allylic oxidation sites excluding steroid dienone is 1. The summed E-state index contributed by atoms with van der Waals surface area (Å²) in [6.45, 7) is 1.98. The van der Waals surface area contributed by atoms with Crippen molar-refractivity contribution in [2.45, 2.75) is 13.0 Å². The third-order valence-electron chi connectivity index (χ3n) is 5.75. The van der Waals surface area contributed by atoms with Crippen LogP contribution in [0.3, 0.4) is 0 Å². The lowest BCUT2D eigenvalue weighted by Crippen LogP contribution is -2.33. The second-order valence-electron chi connectivity index (χ2n) is 7.80. The van der Waals surface area contributed by atoms with Crippen molar-refractivity contribution >= 4 is 23.5 Å². The average molecular weight is 448 g/mol. The number of halogens is 1. The van der Waals surface area contributed by atoms with Gasteiger partial charge in [-0.25, -0.2) is 0 Å². The van der Waals surface area contributed by atoms with Gasteiger partial charge in [-0.3, -0.25) is 9.69 Å². The summed E-state index contributed by atoms with van der Waals surface area (Å²) in [6, 6.07) is 19.1. The van der Waals surface area contributed by atoms with E-state index in [2.05, 4.69) is 17.0 Å². The SMILES string of the molecule is COc1ccc(CCN2COc3ccc4c(c3C2)O/C(=C\c2ccccc2Cl)C4=O)cc1. The van der Waals surface area contributed by atoms with Gasteiger partial charge in [0.15, 0.2) is 5.76 Å². The van der Waals surface area contributed by atoms with E-state index in [0.29, 0.717) is 29.6 Å². The molecule has 0 aliphatic carbocycles. The smallest absolute Gasteiger partial charge is 0.231 e. The van der Waals surface area contributed by atoms with Gasteiger partial charge in [-0.2, -0.15) is 0 Å². The number of fused-ring (bicyclic) bond motifs is 3. The van der Waals surface area contributed by atoms with Crippen LogP contribution in [0.1, 0.15) is 27.0 Å². The lowest BCUT2D eigenvalue weighted by Gasteiger charge is -2.29. The number of hydrogen-bond donors (Lipinski definition) is 0. The number of carbonyl (C=O) groups is 1. The Kier molecular flexibility index (Phi) is 5.60. The van der Waals surface area contributed by atoms with E-state index in [1.165, 1.54) is 5.56 Å². The Morgan fingerprint density at radius 2 is 1.91 bits per heavy atom. The highest BCUT2D eigenvalue weighted by molar-refractivity contribution is 6.32. The molecule has 6 heteroatoms. The van der Waals surface area contributed by atoms with Crippen LogP contribution in [0.4, 0.5) is 0 Å². The van der Waals surface area contributed by atoms with Gasteiger partial charge < -0.3 is 14.2 Å². The molecule has 32 heavy (non-hydrogen) atoms. The predicted molar refractivity (Wildman–Crippen MR) is 123 cm³/mol. The number of benzene rings is 3. The number of ether oxygens (including phenoxy) is 3. The first kappa shape index (κ1) is 20.6. The molecule has 5 rings (SSSR count). The Morgan fingerprint density at radius 1 is 1.09 bits per heavy atom. The number of methoxy groups -OCH3 is 1. The molecule has 2 aliphatic heterocycles. The topological polar surface area (TPSA) is 48.0 Å². The lowest BCUT2D eigenvalue weighted by atomic mass is 10.0. The molecule has 0 bridgehead atoms. The maximum Gasteiger partial charge on any atom is 0.231 e. The van der Waals surface area contributed by atoms with Crippen LogP contribution in [0.25, 0.3) is 6.08 Å². The van der Waals surface area contributed by atoms with E-state index in [9.17, 15) is 4.79 Å². The molecule has 0 N–H and O–H groups in total. The molecular weight excluding hydrogens is 426 g/mol. The predicted octanol–water partition coefficient (Wildman–Crippen LogP) is 5.36. The standard InChI is InChI=1S/C26H22ClNO4/c1-30-19-8-6-17(7-9-19)12-13-28-15-21-23(31-16-28)11-10-20-25(29)24(32-26(20)21)14-18-4-2-3-5-22(18)27/h2-11,14H,12-13,15-16H2,1H3/b24-14-. The molecule has 0 saturated heterocycles. The monoisotopic (exact) mass is 447 g/mol. The fourth-order valence-corrected chi connectivity index (χ4v) is 4.15. The summed E-state index contributed by atoms with van der Waals surface area (Å²) in [6.07, 6.45) is 2.58. The summed E-state index contributed by atoms with van der Waals surface area (Å²) in [4.78, 5) is 15.1. The average Bonchev–Trinajstić information content (AvgIpc) is 3.15. The molecule has 0 radical (unpaired) electrons. The van der Waals surface area contributed by atoms with Gasteiger partial charge in [0.2, 0.25) is 5.78 Å². The first-order valence-electron chi connectivity index (χ1n) is 10.4. The minimum Gasteiger partial charge on any atom is -0.497 e. The van der Waals surface area contributed by atoms with E-state index in [1.807, 2.05) is 36.4 Å². The molecular formula is C26H22ClNO4. The fraction of sp³-hybridized carbons (Fsp3) is 0.192. The maximum atomic E-state index is 12.9. The largest absolute Gasteiger partial charge is 0.497 e. The lowest BCUT2D eigenvalue weighted by molar-refractivity contribution is 0.0949. The van der Waals surface area contributed by atoms with Crippen molar-refractivity contribution in [3.63, 3.8) is 0 Å². The van der Waals surface area contributed by atoms with Crippen LogP contribution in [0.2, 0.25) is 5.02 Å². The molecule has 2 aliphatic rings. The van der Waals surface area contributed by atoms with E-state index in [0.717, 1.165) is 35.6 Å². The molecule has 0 fully saturated rings. The molecule has 0 unspecified atom stereocenters. The zero-order valence-corrected chi connectivity index (χ0v) is 18.4. The third kappa shape index (κ3) is 3.97. The number of carbonyl (C=O) groups excluding carboxylic acids is 1. The maximum absolute atomic E-state index is 12.9. The Hall–Kier alpha value is -3.28. The third-order valence-corrected chi connectivity index (χ3v) is 6.09. The summed E-state index contributed by atoms with van der Waals surface area (Å²) in [7, 11) is 1.66. The van der Waals surface area contributed by atoms with Gasteiger partial charge in [0, 0.05) is 18.1 Å². The molecule has 0 amide bonds. The second-order valence-corrected chi connectivity index (χ2v) is 8.21. The van der Waals surface area contributed by atoms with E-state index in [1.54, 1.807) is 25.3 Å². The van der Waals surface area contributed by atoms with E-state index < -0.39 is 0 Å². The van der Waals surface area contributed by atoms with Crippen LogP contribution in [0.15, 0.2) is 66.4 Å². The Balaban J connectivity index is 1.34. The van der Waals surface area contributed by atoms with Crippen LogP contribution in [0.5, 0.6) is 17.2 Å². The molecule has 3 aromatic carbocycles. The minimum absolute atomic E-state index is 0.141. The fourth-order valence-electron chi connectivity index (χ4n) is 3.96. The van der Waals surface area contributed by atoms with Crippen molar-refractivity contribution < 1.29 is 19.0 Å². The second kappa shape index (κ2) is 8.69. The highest BCUT2D eigenvalue weighted by atomic mass is 35.5. The molecule has 5 nitrogen and oxygen atoms in total. The van der Waals surface area contributed by atoms with Crippen molar-refractivity contribution in [2.75, 3.05) is 20.4 Å². The summed E-state index contributed by atoms with van der Waals surface area (Å²) in [5, 5.41) is 0.572. The molecule has 162 valence electrons. The van der Waals surface area contributed by atoms with Crippen LogP contribution in [-0.2, 0) is 13.0 Å². The Labute approximate surface area is 191 Å². The number of rotatable bonds is 5. The molecule has 2 heterocycles. The van der Waals surface area contributed by atoms with Gasteiger partial charge in [-0.15, -0.1) is 0 Å². The van der Waals surface area contributed by atoms with Crippen molar-refractivity contribution in [1.29, 1.82) is 0 Å². The van der Waals surface area contributed by atoms with Gasteiger partial charge >= 0.3 is 0 Å². The van der Waals surface area contributed by atoms with Gasteiger partial charge in [-0.1, -0.05) is 41.9 Å². The van der Waals surface area contributed by atoms with Gasteiger partial charge in [0.05, 0.1) is 18.2 Å².